The second-order valence-corrected chi connectivity index (χ2v) is 7.57. The molecule has 10 heteroatoms. The Morgan fingerprint density at radius 3 is 2.11 bits per heavy atom. The topological polar surface area (TPSA) is 79.4 Å². The highest BCUT2D eigenvalue weighted by atomic mass is 35.5. The summed E-state index contributed by atoms with van der Waals surface area (Å²) < 4.78 is 0. The highest BCUT2D eigenvalue weighted by Gasteiger charge is 2.31. The Morgan fingerprint density at radius 2 is 1.54 bits per heavy atom. The van der Waals surface area contributed by atoms with Crippen LogP contribution >= 0.6 is 24.8 Å². The van der Waals surface area contributed by atoms with Gasteiger partial charge in [0, 0.05) is 51.9 Å². The molecule has 2 N–H and O–H groups in total. The Hall–Kier alpha value is -0.800. The van der Waals surface area contributed by atoms with E-state index in [9.17, 15) is 9.59 Å². The van der Waals surface area contributed by atoms with Crippen LogP contribution in [0.5, 0.6) is 0 Å². The fraction of sp³-hybridized carbons (Fsp3) is 0.889. The predicted molar refractivity (Wildman–Crippen MR) is 113 cm³/mol. The highest BCUT2D eigenvalue weighted by Crippen LogP contribution is 2.18. The van der Waals surface area contributed by atoms with Crippen LogP contribution in [0.15, 0.2) is 0 Å². The first-order valence-electron chi connectivity index (χ1n) is 10.1. The molecular formula is C18H35Cl2N5O3. The zero-order valence-corrected chi connectivity index (χ0v) is 18.2. The minimum absolute atomic E-state index is 0. The van der Waals surface area contributed by atoms with Crippen LogP contribution < -0.4 is 5.32 Å². The van der Waals surface area contributed by atoms with Gasteiger partial charge in [0.25, 0.3) is 0 Å². The van der Waals surface area contributed by atoms with Crippen molar-refractivity contribution in [3.05, 3.63) is 0 Å². The van der Waals surface area contributed by atoms with E-state index in [0.29, 0.717) is 6.04 Å². The first-order chi connectivity index (χ1) is 12.6. The molecule has 164 valence electrons. The Labute approximate surface area is 180 Å². The number of nitrogens with one attached hydrogen (secondary N) is 1. The third kappa shape index (κ3) is 6.91. The van der Waals surface area contributed by atoms with Gasteiger partial charge in [-0.2, -0.15) is 0 Å². The van der Waals surface area contributed by atoms with Gasteiger partial charge in [0.15, 0.2) is 0 Å². The molecule has 3 saturated heterocycles. The van der Waals surface area contributed by atoms with E-state index in [1.54, 1.807) is 5.01 Å². The molecular weight excluding hydrogens is 405 g/mol. The molecule has 2 amide bonds. The van der Waals surface area contributed by atoms with Gasteiger partial charge in [-0.15, -0.1) is 24.8 Å². The van der Waals surface area contributed by atoms with Crippen molar-refractivity contribution in [3.8, 4) is 0 Å². The Bertz CT molecular complexity index is 480. The van der Waals surface area contributed by atoms with Gasteiger partial charge in [-0.1, -0.05) is 6.42 Å². The number of piperazine rings is 1. The number of hydrogen-bond donors (Lipinski definition) is 2. The molecule has 0 aliphatic carbocycles. The fourth-order valence-electron chi connectivity index (χ4n) is 4.29. The second kappa shape index (κ2) is 12.7. The summed E-state index contributed by atoms with van der Waals surface area (Å²) in [5.74, 6) is -0.851. The highest BCUT2D eigenvalue weighted by molar-refractivity contribution is 5.85. The van der Waals surface area contributed by atoms with Crippen molar-refractivity contribution in [2.75, 3.05) is 58.9 Å². The van der Waals surface area contributed by atoms with Crippen molar-refractivity contribution in [2.45, 2.75) is 44.6 Å². The summed E-state index contributed by atoms with van der Waals surface area (Å²) in [6, 6.07) is 0.622. The van der Waals surface area contributed by atoms with Crippen molar-refractivity contribution in [3.63, 3.8) is 0 Å². The summed E-state index contributed by atoms with van der Waals surface area (Å²) in [6.45, 7) is 7.44. The summed E-state index contributed by atoms with van der Waals surface area (Å²) in [6.07, 6.45) is 5.70. The monoisotopic (exact) mass is 439 g/mol. The number of amides is 2. The van der Waals surface area contributed by atoms with E-state index in [4.69, 9.17) is 5.11 Å². The average molecular weight is 440 g/mol. The number of urea groups is 1. The van der Waals surface area contributed by atoms with Crippen LogP contribution in [0, 0.1) is 0 Å². The number of carbonyl (C=O) groups excluding carboxylic acids is 1. The molecule has 0 radical (unpaired) electrons. The smallest absolute Gasteiger partial charge is 0.334 e. The maximum Gasteiger partial charge on any atom is 0.334 e. The van der Waals surface area contributed by atoms with Gasteiger partial charge in [-0.3, -0.25) is 14.7 Å². The second-order valence-electron chi connectivity index (χ2n) is 7.57. The number of carbonyl (C=O) groups is 2. The number of hydrazine groups is 1. The quantitative estimate of drug-likeness (QED) is 0.675. The molecule has 3 heterocycles. The molecule has 3 fully saturated rings. The van der Waals surface area contributed by atoms with E-state index in [1.807, 2.05) is 4.90 Å². The standard InChI is InChI=1S/C18H33N5O3.2ClH/c24-17(25)6-11-23(22-9-2-1-3-10-22)18(26)21-14-12-20(13-15-21)16-4-7-19-8-5-16;;/h16,19H,1-15H2,(H,24,25);2*1H. The number of piperidine rings is 2. The van der Waals surface area contributed by atoms with E-state index >= 15 is 0 Å². The van der Waals surface area contributed by atoms with Gasteiger partial charge in [-0.25, -0.2) is 9.80 Å². The Balaban J connectivity index is 0.00000196. The van der Waals surface area contributed by atoms with E-state index in [-0.39, 0.29) is 43.8 Å². The Morgan fingerprint density at radius 1 is 0.929 bits per heavy atom. The molecule has 0 saturated carbocycles. The largest absolute Gasteiger partial charge is 0.481 e. The van der Waals surface area contributed by atoms with Crippen molar-refractivity contribution in [1.29, 1.82) is 0 Å². The van der Waals surface area contributed by atoms with Crippen molar-refractivity contribution < 1.29 is 14.7 Å². The van der Waals surface area contributed by atoms with Crippen LogP contribution in [0.1, 0.15) is 38.5 Å². The minimum atomic E-state index is -0.851. The van der Waals surface area contributed by atoms with Crippen molar-refractivity contribution >= 4 is 36.8 Å². The molecule has 0 atom stereocenters. The number of hydrogen-bond acceptors (Lipinski definition) is 5. The van der Waals surface area contributed by atoms with Crippen molar-refractivity contribution in [1.82, 2.24) is 25.1 Å². The predicted octanol–water partition coefficient (Wildman–Crippen LogP) is 1.50. The van der Waals surface area contributed by atoms with Crippen LogP contribution in [0.2, 0.25) is 0 Å². The first-order valence-corrected chi connectivity index (χ1v) is 10.1. The number of carboxylic acid groups (broad SMARTS) is 1. The first kappa shape index (κ1) is 25.2. The number of halogens is 2. The molecule has 3 rings (SSSR count). The van der Waals surface area contributed by atoms with Crippen LogP contribution in [0.25, 0.3) is 0 Å². The normalized spacial score (nSPS) is 22.1. The summed E-state index contributed by atoms with van der Waals surface area (Å²) in [4.78, 5) is 28.5. The van der Waals surface area contributed by atoms with E-state index in [1.165, 1.54) is 19.3 Å². The number of carboxylic acids is 1. The molecule has 8 nitrogen and oxygen atoms in total. The lowest BCUT2D eigenvalue weighted by atomic mass is 10.0. The lowest BCUT2D eigenvalue weighted by molar-refractivity contribution is -0.138. The van der Waals surface area contributed by atoms with Gasteiger partial charge in [0.1, 0.15) is 0 Å². The molecule has 0 aromatic rings. The summed E-state index contributed by atoms with van der Waals surface area (Å²) in [5, 5.41) is 16.2. The molecule has 0 aromatic heterocycles. The molecule has 0 bridgehead atoms. The summed E-state index contributed by atoms with van der Waals surface area (Å²) in [7, 11) is 0. The average Bonchev–Trinajstić information content (AvgIpc) is 2.69. The maximum absolute atomic E-state index is 13.1. The van der Waals surface area contributed by atoms with Gasteiger partial charge in [0.05, 0.1) is 6.42 Å². The summed E-state index contributed by atoms with van der Waals surface area (Å²) in [5.41, 5.74) is 0. The van der Waals surface area contributed by atoms with Crippen LogP contribution in [0.4, 0.5) is 4.79 Å². The number of nitrogens with zero attached hydrogens (tertiary/aromatic N) is 4. The lowest BCUT2D eigenvalue weighted by Crippen LogP contribution is -2.59. The van der Waals surface area contributed by atoms with E-state index in [2.05, 4.69) is 15.2 Å². The van der Waals surface area contributed by atoms with Crippen LogP contribution in [0.3, 0.4) is 0 Å². The number of aliphatic carboxylic acids is 1. The number of rotatable bonds is 5. The third-order valence-corrected chi connectivity index (χ3v) is 5.84. The molecule has 0 unspecified atom stereocenters. The molecule has 3 aliphatic rings. The maximum atomic E-state index is 13.1. The lowest BCUT2D eigenvalue weighted by Gasteiger charge is -2.44. The van der Waals surface area contributed by atoms with Gasteiger partial charge in [-0.05, 0) is 38.8 Å². The van der Waals surface area contributed by atoms with Crippen LogP contribution in [-0.2, 0) is 4.79 Å². The molecule has 28 heavy (non-hydrogen) atoms. The molecule has 0 aromatic carbocycles. The molecule has 0 spiro atoms. The van der Waals surface area contributed by atoms with Gasteiger partial charge >= 0.3 is 12.0 Å². The van der Waals surface area contributed by atoms with Gasteiger partial charge < -0.3 is 15.3 Å². The molecule has 3 aliphatic heterocycles. The summed E-state index contributed by atoms with van der Waals surface area (Å²) >= 11 is 0. The minimum Gasteiger partial charge on any atom is -0.481 e. The zero-order chi connectivity index (χ0) is 18.4. The third-order valence-electron chi connectivity index (χ3n) is 5.84. The van der Waals surface area contributed by atoms with Crippen LogP contribution in [-0.4, -0.2) is 102 Å². The fourth-order valence-corrected chi connectivity index (χ4v) is 4.29. The van der Waals surface area contributed by atoms with Crippen molar-refractivity contribution in [2.24, 2.45) is 0 Å². The van der Waals surface area contributed by atoms with E-state index in [0.717, 1.165) is 65.2 Å². The van der Waals surface area contributed by atoms with E-state index < -0.39 is 5.97 Å². The zero-order valence-electron chi connectivity index (χ0n) is 16.6. The van der Waals surface area contributed by atoms with Gasteiger partial charge in [0.2, 0.25) is 0 Å². The SMILES string of the molecule is Cl.Cl.O=C(O)CCN(C(=O)N1CCN(C2CCNCC2)CC1)N1CCCCC1. The Kier molecular flexibility index (Phi) is 11.4.